The molecule has 0 aliphatic carbocycles. The van der Waals surface area contributed by atoms with Crippen molar-refractivity contribution < 1.29 is 5.11 Å². The molecule has 1 atom stereocenters. The van der Waals surface area contributed by atoms with E-state index in [0.29, 0.717) is 0 Å². The van der Waals surface area contributed by atoms with Crippen molar-refractivity contribution in [3.05, 3.63) is 33.4 Å². The van der Waals surface area contributed by atoms with E-state index in [4.69, 9.17) is 0 Å². The summed E-state index contributed by atoms with van der Waals surface area (Å²) in [6.07, 6.45) is 2.82. The molecule has 1 rings (SSSR count). The van der Waals surface area contributed by atoms with E-state index in [9.17, 15) is 5.11 Å². The Hall–Kier alpha value is -0.0900. The second-order valence-corrected chi connectivity index (χ2v) is 4.34. The molecule has 0 saturated heterocycles. The van der Waals surface area contributed by atoms with Gasteiger partial charge in [-0.2, -0.15) is 0 Å². The molecule has 13 heavy (non-hydrogen) atoms. The molecule has 0 aromatic heterocycles. The van der Waals surface area contributed by atoms with E-state index in [1.54, 1.807) is 0 Å². The Bertz CT molecular complexity index is 260. The highest BCUT2D eigenvalue weighted by Crippen LogP contribution is 2.23. The van der Waals surface area contributed by atoms with Gasteiger partial charge < -0.3 is 5.11 Å². The second kappa shape index (κ2) is 5.60. The quantitative estimate of drug-likeness (QED) is 0.841. The van der Waals surface area contributed by atoms with E-state index in [2.05, 4.69) is 29.5 Å². The van der Waals surface area contributed by atoms with Gasteiger partial charge in [-0.25, -0.2) is 0 Å². The molecule has 0 aliphatic rings. The van der Waals surface area contributed by atoms with Crippen molar-refractivity contribution in [1.82, 2.24) is 0 Å². The Labute approximate surface area is 93.3 Å². The lowest BCUT2D eigenvalue weighted by Crippen LogP contribution is -1.99. The minimum atomic E-state index is -0.284. The Morgan fingerprint density at radius 2 is 2.08 bits per heavy atom. The zero-order valence-corrected chi connectivity index (χ0v) is 9.99. The monoisotopic (exact) mass is 290 g/mol. The highest BCUT2D eigenvalue weighted by Gasteiger charge is 2.08. The van der Waals surface area contributed by atoms with Crippen LogP contribution in [-0.2, 0) is 0 Å². The molecule has 0 bridgehead atoms. The smallest absolute Gasteiger partial charge is 0.0800 e. The summed E-state index contributed by atoms with van der Waals surface area (Å²) < 4.78 is 1.16. The molecule has 0 fully saturated rings. The van der Waals surface area contributed by atoms with Crippen molar-refractivity contribution in [2.24, 2.45) is 0 Å². The van der Waals surface area contributed by atoms with Crippen LogP contribution in [0.5, 0.6) is 0 Å². The third kappa shape index (κ3) is 3.27. The molecule has 0 saturated carbocycles. The van der Waals surface area contributed by atoms with Crippen LogP contribution >= 0.6 is 22.6 Å². The number of hydrogen-bond donors (Lipinski definition) is 1. The van der Waals surface area contributed by atoms with Crippen molar-refractivity contribution in [2.75, 3.05) is 0 Å². The number of aliphatic hydroxyl groups is 1. The van der Waals surface area contributed by atoms with E-state index in [1.807, 2.05) is 24.3 Å². The summed E-state index contributed by atoms with van der Waals surface area (Å²) in [4.78, 5) is 0. The Kier molecular flexibility index (Phi) is 4.73. The van der Waals surface area contributed by atoms with Crippen LogP contribution in [0.2, 0.25) is 0 Å². The summed E-state index contributed by atoms with van der Waals surface area (Å²) in [5, 5.41) is 9.83. The molecule has 0 heterocycles. The fourth-order valence-corrected chi connectivity index (χ4v) is 2.05. The van der Waals surface area contributed by atoms with Crippen LogP contribution in [0, 0.1) is 3.57 Å². The summed E-state index contributed by atoms with van der Waals surface area (Å²) in [6, 6.07) is 8.01. The van der Waals surface area contributed by atoms with Crippen molar-refractivity contribution >= 4 is 22.6 Å². The van der Waals surface area contributed by atoms with Gasteiger partial charge >= 0.3 is 0 Å². The van der Waals surface area contributed by atoms with E-state index in [1.165, 1.54) is 0 Å². The van der Waals surface area contributed by atoms with Crippen molar-refractivity contribution in [2.45, 2.75) is 32.3 Å². The summed E-state index contributed by atoms with van der Waals surface area (Å²) >= 11 is 2.27. The van der Waals surface area contributed by atoms with Gasteiger partial charge in [0, 0.05) is 3.57 Å². The third-order valence-electron chi connectivity index (χ3n) is 2.10. The molecule has 0 aliphatic heterocycles. The summed E-state index contributed by atoms with van der Waals surface area (Å²) in [5.74, 6) is 0. The zero-order valence-electron chi connectivity index (χ0n) is 7.83. The molecule has 1 aromatic rings. The van der Waals surface area contributed by atoms with Crippen LogP contribution in [0.15, 0.2) is 24.3 Å². The van der Waals surface area contributed by atoms with Crippen molar-refractivity contribution in [1.29, 1.82) is 0 Å². The fourth-order valence-electron chi connectivity index (χ4n) is 1.30. The maximum Gasteiger partial charge on any atom is 0.0800 e. The third-order valence-corrected chi connectivity index (χ3v) is 3.08. The second-order valence-electron chi connectivity index (χ2n) is 3.18. The molecule has 72 valence electrons. The lowest BCUT2D eigenvalue weighted by atomic mass is 10.0. The topological polar surface area (TPSA) is 20.2 Å². The normalized spacial score (nSPS) is 12.8. The van der Waals surface area contributed by atoms with Crippen molar-refractivity contribution in [3.63, 3.8) is 0 Å². The SMILES string of the molecule is CCCC[C@@H](O)c1ccccc1I. The first kappa shape index (κ1) is 11.0. The van der Waals surface area contributed by atoms with Gasteiger partial charge in [0.15, 0.2) is 0 Å². The van der Waals surface area contributed by atoms with Crippen molar-refractivity contribution in [3.8, 4) is 0 Å². The zero-order chi connectivity index (χ0) is 9.68. The number of hydrogen-bond acceptors (Lipinski definition) is 1. The average molecular weight is 290 g/mol. The van der Waals surface area contributed by atoms with E-state index in [-0.39, 0.29) is 6.10 Å². The average Bonchev–Trinajstić information content (AvgIpc) is 2.15. The van der Waals surface area contributed by atoms with Crippen LogP contribution in [0.3, 0.4) is 0 Å². The Morgan fingerprint density at radius 1 is 1.38 bits per heavy atom. The predicted octanol–water partition coefficient (Wildman–Crippen LogP) is 3.51. The van der Waals surface area contributed by atoms with E-state index >= 15 is 0 Å². The number of rotatable bonds is 4. The minimum absolute atomic E-state index is 0.284. The van der Waals surface area contributed by atoms with E-state index in [0.717, 1.165) is 28.4 Å². The van der Waals surface area contributed by atoms with Gasteiger partial charge in [0.1, 0.15) is 0 Å². The van der Waals surface area contributed by atoms with Gasteiger partial charge in [-0.15, -0.1) is 0 Å². The van der Waals surface area contributed by atoms with Crippen LogP contribution < -0.4 is 0 Å². The first-order valence-corrected chi connectivity index (χ1v) is 5.76. The Balaban J connectivity index is 2.65. The molecule has 0 amide bonds. The van der Waals surface area contributed by atoms with Crippen LogP contribution in [-0.4, -0.2) is 5.11 Å². The number of halogens is 1. The first-order valence-electron chi connectivity index (χ1n) is 4.68. The molecule has 1 N–H and O–H groups in total. The highest BCUT2D eigenvalue weighted by atomic mass is 127. The van der Waals surface area contributed by atoms with Gasteiger partial charge in [-0.1, -0.05) is 38.0 Å². The molecular formula is C11H15IO. The predicted molar refractivity (Wildman–Crippen MR) is 63.6 cm³/mol. The highest BCUT2D eigenvalue weighted by molar-refractivity contribution is 14.1. The summed E-state index contributed by atoms with van der Waals surface area (Å²) in [5.41, 5.74) is 1.07. The van der Waals surface area contributed by atoms with Gasteiger partial charge in [0.2, 0.25) is 0 Å². The molecule has 0 radical (unpaired) electrons. The van der Waals surface area contributed by atoms with Gasteiger partial charge in [0.05, 0.1) is 6.10 Å². The van der Waals surface area contributed by atoms with Crippen LogP contribution in [0.25, 0.3) is 0 Å². The molecule has 0 unspecified atom stereocenters. The van der Waals surface area contributed by atoms with Gasteiger partial charge in [-0.3, -0.25) is 0 Å². The Morgan fingerprint density at radius 3 is 2.69 bits per heavy atom. The summed E-state index contributed by atoms with van der Waals surface area (Å²) in [7, 11) is 0. The van der Waals surface area contributed by atoms with Crippen LogP contribution in [0.4, 0.5) is 0 Å². The lowest BCUT2D eigenvalue weighted by molar-refractivity contribution is 0.163. The molecule has 1 aromatic carbocycles. The maximum absolute atomic E-state index is 9.83. The number of benzene rings is 1. The summed E-state index contributed by atoms with van der Waals surface area (Å²) in [6.45, 7) is 2.14. The lowest BCUT2D eigenvalue weighted by Gasteiger charge is -2.11. The van der Waals surface area contributed by atoms with Gasteiger partial charge in [-0.05, 0) is 40.6 Å². The van der Waals surface area contributed by atoms with Crippen LogP contribution in [0.1, 0.15) is 37.9 Å². The molecular weight excluding hydrogens is 275 g/mol. The number of unbranched alkanes of at least 4 members (excludes halogenated alkanes) is 1. The molecule has 2 heteroatoms. The number of aliphatic hydroxyl groups excluding tert-OH is 1. The maximum atomic E-state index is 9.83. The van der Waals surface area contributed by atoms with E-state index < -0.39 is 0 Å². The fraction of sp³-hybridized carbons (Fsp3) is 0.455. The largest absolute Gasteiger partial charge is 0.388 e. The standard InChI is InChI=1S/C11H15IO/c1-2-3-8-11(13)9-6-4-5-7-10(9)12/h4-7,11,13H,2-3,8H2,1H3/t11-/m1/s1. The molecule has 0 spiro atoms. The first-order chi connectivity index (χ1) is 6.25. The minimum Gasteiger partial charge on any atom is -0.388 e. The molecule has 1 nitrogen and oxygen atoms in total. The van der Waals surface area contributed by atoms with Gasteiger partial charge in [0.25, 0.3) is 0 Å².